The molecule has 0 unspecified atom stereocenters. The van der Waals surface area contributed by atoms with Crippen molar-refractivity contribution in [3.63, 3.8) is 0 Å². The number of nitrogen functional groups attached to an aromatic ring is 1. The number of carbonyl (C=O) groups excluding carboxylic acids is 6. The Morgan fingerprint density at radius 1 is 0.683 bits per heavy atom. The maximum Gasteiger partial charge on any atom is 0.349 e. The van der Waals surface area contributed by atoms with Gasteiger partial charge < -0.3 is 20.5 Å². The Morgan fingerprint density at radius 2 is 1.20 bits per heavy atom. The van der Waals surface area contributed by atoms with E-state index >= 15 is 0 Å². The number of amides is 1. The Labute approximate surface area is 253 Å². The lowest BCUT2D eigenvalue weighted by atomic mass is 10.1. The van der Waals surface area contributed by atoms with Gasteiger partial charge in [0, 0.05) is 5.69 Å². The first kappa shape index (κ1) is 29.9. The molecule has 0 bridgehead atoms. The molecule has 1 amide bonds. The number of hydrogen-bond acceptors (Lipinski definition) is 11. The molecule has 2 aromatic heterocycles. The first-order chi connectivity index (χ1) is 19.5. The summed E-state index contributed by atoms with van der Waals surface area (Å²) in [7, 11) is 0. The molecular weight excluding hydrogens is 639 g/mol. The Morgan fingerprint density at radius 3 is 1.68 bits per heavy atom. The molecule has 0 saturated carbocycles. The third kappa shape index (κ3) is 6.81. The summed E-state index contributed by atoms with van der Waals surface area (Å²) in [6.07, 6.45) is 0. The highest BCUT2D eigenvalue weighted by molar-refractivity contribution is 7.19. The lowest BCUT2D eigenvalue weighted by molar-refractivity contribution is 0.0426. The third-order valence-corrected chi connectivity index (χ3v) is 7.97. The number of benzene rings is 2. The van der Waals surface area contributed by atoms with E-state index in [1.807, 2.05) is 0 Å². The van der Waals surface area contributed by atoms with Crippen molar-refractivity contribution in [1.82, 2.24) is 0 Å². The van der Waals surface area contributed by atoms with Crippen LogP contribution >= 0.6 is 57.5 Å². The fraction of sp³-hybridized carbons (Fsp3) is 0. The molecule has 0 aliphatic carbocycles. The number of nitrogens with two attached hydrogens (primary N) is 1. The predicted molar refractivity (Wildman–Crippen MR) is 154 cm³/mol. The van der Waals surface area contributed by atoms with E-state index in [1.54, 1.807) is 42.5 Å². The molecule has 0 spiro atoms. The van der Waals surface area contributed by atoms with Crippen molar-refractivity contribution >= 4 is 104 Å². The monoisotopic (exact) mass is 650 g/mol. The number of ether oxygens (including phenoxy) is 2. The summed E-state index contributed by atoms with van der Waals surface area (Å²) in [5, 5.41) is 2.13. The molecule has 4 heterocycles. The maximum absolute atomic E-state index is 12.0. The van der Waals surface area contributed by atoms with Gasteiger partial charge in [-0.2, -0.15) is 0 Å². The van der Waals surface area contributed by atoms with Crippen molar-refractivity contribution in [3.05, 3.63) is 101 Å². The molecule has 0 radical (unpaired) electrons. The third-order valence-electron chi connectivity index (χ3n) is 5.19. The van der Waals surface area contributed by atoms with E-state index in [0.717, 1.165) is 11.3 Å². The second-order valence-electron chi connectivity index (χ2n) is 7.79. The van der Waals surface area contributed by atoms with E-state index in [1.165, 1.54) is 29.5 Å². The number of thiophene rings is 2. The first-order valence-electron chi connectivity index (χ1n) is 11.0. The molecule has 2 aromatic carbocycles. The topological polar surface area (TPSA) is 159 Å². The summed E-state index contributed by atoms with van der Waals surface area (Å²) in [6, 6.07) is 15.7. The van der Waals surface area contributed by atoms with Crippen molar-refractivity contribution in [1.29, 1.82) is 0 Å². The summed E-state index contributed by atoms with van der Waals surface area (Å²) in [6.45, 7) is 0. The number of hydrogen-bond donors (Lipinski definition) is 2. The second-order valence-corrected chi connectivity index (χ2v) is 11.6. The Bertz CT molecular complexity index is 1750. The SMILES string of the molecule is Nc1cccc2c1C(=O)OC2=O.O=C(Cl)c1ccc(Cl)s1.O=C(Nc1cccc2c1C(=O)OC2=O)c1ccc(Cl)s1. The minimum atomic E-state index is -0.759. The van der Waals surface area contributed by atoms with Crippen LogP contribution in [0.1, 0.15) is 60.8 Å². The number of nitrogens with one attached hydrogen (secondary N) is 1. The molecule has 0 fully saturated rings. The molecule has 3 N–H and O–H groups in total. The quantitative estimate of drug-likeness (QED) is 0.112. The minimum absolute atomic E-state index is 0.0773. The van der Waals surface area contributed by atoms with Crippen LogP contribution in [0.4, 0.5) is 11.4 Å². The predicted octanol–water partition coefficient (Wildman–Crippen LogP) is 6.32. The first-order valence-corrected chi connectivity index (χ1v) is 13.8. The summed E-state index contributed by atoms with van der Waals surface area (Å²) >= 11 is 18.7. The lowest BCUT2D eigenvalue weighted by Gasteiger charge is -2.06. The zero-order chi connectivity index (χ0) is 29.8. The number of esters is 4. The van der Waals surface area contributed by atoms with Gasteiger partial charge >= 0.3 is 23.9 Å². The smallest absolute Gasteiger partial charge is 0.349 e. The lowest BCUT2D eigenvalue weighted by Crippen LogP contribution is -2.13. The molecule has 0 saturated heterocycles. The standard InChI is InChI=1S/C13H6ClNO4S.C8H5NO3.C5H2Cl2OS/c14-9-5-4-8(20-9)11(16)15-7-3-1-2-6-10(7)13(18)19-12(6)17;9-5-3-1-2-4-6(5)8(11)12-7(4)10;6-4-2-1-3(9-4)5(7)8/h1-5H,(H,15,16);1-3H,9H2;1-2H. The molecule has 208 valence electrons. The normalized spacial score (nSPS) is 12.7. The highest BCUT2D eigenvalue weighted by Crippen LogP contribution is 2.29. The fourth-order valence-electron chi connectivity index (χ4n) is 3.44. The summed E-state index contributed by atoms with van der Waals surface area (Å²) in [5.74, 6) is -3.15. The fourth-order valence-corrected chi connectivity index (χ4v) is 5.43. The number of fused-ring (bicyclic) bond motifs is 2. The zero-order valence-corrected chi connectivity index (χ0v) is 24.0. The van der Waals surface area contributed by atoms with Crippen molar-refractivity contribution in [2.24, 2.45) is 0 Å². The number of cyclic esters (lactones) is 4. The molecule has 2 aliphatic heterocycles. The van der Waals surface area contributed by atoms with Crippen molar-refractivity contribution < 1.29 is 38.2 Å². The van der Waals surface area contributed by atoms with Gasteiger partial charge in [-0.25, -0.2) is 19.2 Å². The van der Waals surface area contributed by atoms with Crippen LogP contribution in [-0.4, -0.2) is 35.0 Å². The van der Waals surface area contributed by atoms with Gasteiger partial charge in [0.25, 0.3) is 11.1 Å². The van der Waals surface area contributed by atoms with Gasteiger partial charge in [-0.15, -0.1) is 22.7 Å². The van der Waals surface area contributed by atoms with E-state index < -0.39 is 35.0 Å². The van der Waals surface area contributed by atoms with E-state index in [2.05, 4.69) is 14.8 Å². The Kier molecular flexibility index (Phi) is 9.21. The largest absolute Gasteiger partial charge is 0.398 e. The average molecular weight is 652 g/mol. The molecule has 2 aliphatic rings. The van der Waals surface area contributed by atoms with Gasteiger partial charge in [0.05, 0.1) is 46.4 Å². The highest BCUT2D eigenvalue weighted by Gasteiger charge is 2.33. The summed E-state index contributed by atoms with van der Waals surface area (Å²) in [4.78, 5) is 68.2. The Balaban J connectivity index is 0.000000156. The van der Waals surface area contributed by atoms with Crippen molar-refractivity contribution in [2.75, 3.05) is 11.1 Å². The van der Waals surface area contributed by atoms with Crippen LogP contribution < -0.4 is 11.1 Å². The van der Waals surface area contributed by atoms with Crippen LogP contribution in [0.2, 0.25) is 8.67 Å². The van der Waals surface area contributed by atoms with Crippen LogP contribution in [0.5, 0.6) is 0 Å². The van der Waals surface area contributed by atoms with E-state index in [4.69, 9.17) is 40.5 Å². The van der Waals surface area contributed by atoms with Gasteiger partial charge in [-0.1, -0.05) is 35.3 Å². The van der Waals surface area contributed by atoms with Gasteiger partial charge in [-0.3, -0.25) is 9.59 Å². The molecule has 6 rings (SSSR count). The summed E-state index contributed by atoms with van der Waals surface area (Å²) in [5.41, 5.74) is 6.66. The number of rotatable bonds is 3. The molecule has 4 aromatic rings. The molecule has 41 heavy (non-hydrogen) atoms. The number of halogens is 3. The molecule has 10 nitrogen and oxygen atoms in total. The molecule has 0 atom stereocenters. The highest BCUT2D eigenvalue weighted by atomic mass is 35.5. The minimum Gasteiger partial charge on any atom is -0.398 e. The van der Waals surface area contributed by atoms with E-state index in [-0.39, 0.29) is 33.6 Å². The van der Waals surface area contributed by atoms with Crippen LogP contribution in [0.25, 0.3) is 0 Å². The average Bonchev–Trinajstić information content (AvgIpc) is 3.69. The van der Waals surface area contributed by atoms with Crippen molar-refractivity contribution in [3.8, 4) is 0 Å². The Hall–Kier alpha value is -4.07. The van der Waals surface area contributed by atoms with E-state index in [9.17, 15) is 28.8 Å². The maximum atomic E-state index is 12.0. The second kappa shape index (κ2) is 12.6. The van der Waals surface area contributed by atoms with Crippen LogP contribution in [0, 0.1) is 0 Å². The van der Waals surface area contributed by atoms with Crippen LogP contribution in [-0.2, 0) is 9.47 Å². The van der Waals surface area contributed by atoms with Crippen LogP contribution in [0.15, 0.2) is 60.7 Å². The summed E-state index contributed by atoms with van der Waals surface area (Å²) < 4.78 is 9.94. The zero-order valence-electron chi connectivity index (χ0n) is 20.1. The number of anilines is 2. The molecule has 15 heteroatoms. The van der Waals surface area contributed by atoms with E-state index in [0.29, 0.717) is 18.4 Å². The van der Waals surface area contributed by atoms with Gasteiger partial charge in [0.1, 0.15) is 0 Å². The van der Waals surface area contributed by atoms with Gasteiger partial charge in [0.2, 0.25) is 0 Å². The van der Waals surface area contributed by atoms with Crippen LogP contribution in [0.3, 0.4) is 0 Å². The van der Waals surface area contributed by atoms with Crippen molar-refractivity contribution in [2.45, 2.75) is 0 Å². The van der Waals surface area contributed by atoms with Gasteiger partial charge in [0.15, 0.2) is 0 Å². The number of carbonyl (C=O) groups is 6. The van der Waals surface area contributed by atoms with Gasteiger partial charge in [-0.05, 0) is 60.1 Å². The molecular formula is C26H13Cl3N2O8S2.